The largest absolute Gasteiger partial charge is 0.356 e. The van der Waals surface area contributed by atoms with Crippen LogP contribution in [0, 0.1) is 11.3 Å². The van der Waals surface area contributed by atoms with Crippen molar-refractivity contribution in [2.24, 2.45) is 0 Å². The predicted molar refractivity (Wildman–Crippen MR) is 104 cm³/mol. The van der Waals surface area contributed by atoms with E-state index in [1.165, 1.54) is 15.7 Å². The number of nitriles is 1. The minimum Gasteiger partial charge on any atom is -0.356 e. The molecule has 1 aliphatic rings. The van der Waals surface area contributed by atoms with Crippen molar-refractivity contribution in [1.82, 2.24) is 9.55 Å². The molecule has 0 atom stereocenters. The molecule has 0 fully saturated rings. The first-order valence-electron chi connectivity index (χ1n) is 8.91. The summed E-state index contributed by atoms with van der Waals surface area (Å²) >= 11 is 0. The summed E-state index contributed by atoms with van der Waals surface area (Å²) in [5, 5.41) is 12.7. The maximum absolute atomic E-state index is 12.8. The molecule has 3 rings (SSSR count). The van der Waals surface area contributed by atoms with Gasteiger partial charge in [0.25, 0.3) is 5.56 Å². The average molecular weight is 349 g/mol. The van der Waals surface area contributed by atoms with E-state index in [0.29, 0.717) is 24.9 Å². The van der Waals surface area contributed by atoms with Crippen molar-refractivity contribution >= 4 is 11.8 Å². The van der Waals surface area contributed by atoms with E-state index in [2.05, 4.69) is 40.0 Å². The number of hydrogen-bond donors (Lipinski definition) is 1. The number of aromatic nitrogens is 2. The highest BCUT2D eigenvalue weighted by molar-refractivity contribution is 5.56. The van der Waals surface area contributed by atoms with Gasteiger partial charge in [-0.3, -0.25) is 9.36 Å². The molecule has 1 N–H and O–H groups in total. The molecule has 0 saturated heterocycles. The van der Waals surface area contributed by atoms with Crippen molar-refractivity contribution in [3.05, 3.63) is 64.0 Å². The van der Waals surface area contributed by atoms with Gasteiger partial charge in [0.05, 0.1) is 0 Å². The first kappa shape index (κ1) is 17.7. The Bertz CT molecular complexity index is 882. The first-order chi connectivity index (χ1) is 12.7. The summed E-state index contributed by atoms with van der Waals surface area (Å²) in [6.45, 7) is 8.06. The SMILES string of the molecule is C=CCn1c(NCC)nc(N2CCc3ccccc3CC2)c(C#N)c1=O. The fraction of sp³-hybridized carbons (Fsp3) is 0.350. The van der Waals surface area contributed by atoms with Crippen LogP contribution in [0.25, 0.3) is 0 Å². The summed E-state index contributed by atoms with van der Waals surface area (Å²) in [7, 11) is 0. The van der Waals surface area contributed by atoms with Gasteiger partial charge in [0.2, 0.25) is 5.95 Å². The lowest BCUT2D eigenvalue weighted by Gasteiger charge is -2.24. The highest BCUT2D eigenvalue weighted by Crippen LogP contribution is 2.22. The lowest BCUT2D eigenvalue weighted by molar-refractivity contribution is 0.732. The van der Waals surface area contributed by atoms with Gasteiger partial charge in [0.1, 0.15) is 6.07 Å². The first-order valence-corrected chi connectivity index (χ1v) is 8.91. The van der Waals surface area contributed by atoms with Gasteiger partial charge in [-0.2, -0.15) is 10.2 Å². The van der Waals surface area contributed by atoms with Crippen LogP contribution >= 0.6 is 0 Å². The standard InChI is InChI=1S/C20H23N5O/c1-3-11-25-19(26)17(14-21)18(23-20(25)22-4-2)24-12-9-15-7-5-6-8-16(15)10-13-24/h3,5-8H,1,4,9-13H2,2H3,(H,22,23). The summed E-state index contributed by atoms with van der Waals surface area (Å²) < 4.78 is 1.46. The van der Waals surface area contributed by atoms with Crippen LogP contribution < -0.4 is 15.8 Å². The number of fused-ring (bicyclic) bond motifs is 1. The lowest BCUT2D eigenvalue weighted by atomic mass is 10.0. The molecule has 1 aromatic heterocycles. The van der Waals surface area contributed by atoms with E-state index in [-0.39, 0.29) is 11.1 Å². The molecule has 2 heterocycles. The molecule has 6 nitrogen and oxygen atoms in total. The van der Waals surface area contributed by atoms with Gasteiger partial charge in [0, 0.05) is 26.2 Å². The zero-order valence-corrected chi connectivity index (χ0v) is 15.0. The van der Waals surface area contributed by atoms with Crippen LogP contribution in [0.2, 0.25) is 0 Å². The van der Waals surface area contributed by atoms with Crippen molar-refractivity contribution in [3.8, 4) is 6.07 Å². The quantitative estimate of drug-likeness (QED) is 0.839. The van der Waals surface area contributed by atoms with E-state index in [4.69, 9.17) is 0 Å². The Labute approximate surface area is 153 Å². The average Bonchev–Trinajstić information content (AvgIpc) is 2.87. The molecule has 6 heteroatoms. The van der Waals surface area contributed by atoms with Gasteiger partial charge in [0.15, 0.2) is 11.4 Å². The van der Waals surface area contributed by atoms with E-state index in [9.17, 15) is 10.1 Å². The zero-order valence-electron chi connectivity index (χ0n) is 15.0. The number of nitrogens with one attached hydrogen (secondary N) is 1. The van der Waals surface area contributed by atoms with Crippen LogP contribution in [-0.4, -0.2) is 29.2 Å². The summed E-state index contributed by atoms with van der Waals surface area (Å²) in [5.74, 6) is 0.953. The third-order valence-corrected chi connectivity index (χ3v) is 4.63. The monoisotopic (exact) mass is 349 g/mol. The summed E-state index contributed by atoms with van der Waals surface area (Å²) in [6.07, 6.45) is 3.37. The molecule has 1 aliphatic heterocycles. The number of rotatable bonds is 5. The van der Waals surface area contributed by atoms with E-state index in [1.807, 2.05) is 19.1 Å². The fourth-order valence-electron chi connectivity index (χ4n) is 3.34. The summed E-state index contributed by atoms with van der Waals surface area (Å²) in [5.41, 5.74) is 2.41. The Morgan fingerprint density at radius 2 is 1.96 bits per heavy atom. The molecule has 1 aromatic carbocycles. The number of hydrogen-bond acceptors (Lipinski definition) is 5. The van der Waals surface area contributed by atoms with Gasteiger partial charge in [-0.25, -0.2) is 0 Å². The third-order valence-electron chi connectivity index (χ3n) is 4.63. The molecule has 134 valence electrons. The van der Waals surface area contributed by atoms with Crippen molar-refractivity contribution in [3.63, 3.8) is 0 Å². The maximum Gasteiger partial charge on any atom is 0.275 e. The van der Waals surface area contributed by atoms with Crippen molar-refractivity contribution < 1.29 is 0 Å². The van der Waals surface area contributed by atoms with Crippen LogP contribution in [0.15, 0.2) is 41.7 Å². The second-order valence-corrected chi connectivity index (χ2v) is 6.24. The van der Waals surface area contributed by atoms with Gasteiger partial charge in [-0.1, -0.05) is 30.3 Å². The van der Waals surface area contributed by atoms with Gasteiger partial charge in [-0.15, -0.1) is 6.58 Å². The lowest BCUT2D eigenvalue weighted by Crippen LogP contribution is -2.34. The normalized spacial score (nSPS) is 13.5. The summed E-state index contributed by atoms with van der Waals surface area (Å²) in [4.78, 5) is 19.5. The van der Waals surface area contributed by atoms with E-state index < -0.39 is 0 Å². The number of allylic oxidation sites excluding steroid dienone is 1. The molecule has 0 saturated carbocycles. The Morgan fingerprint density at radius 1 is 1.31 bits per heavy atom. The second-order valence-electron chi connectivity index (χ2n) is 6.24. The molecular weight excluding hydrogens is 326 g/mol. The zero-order chi connectivity index (χ0) is 18.5. The molecule has 0 bridgehead atoms. The number of anilines is 2. The molecule has 0 radical (unpaired) electrons. The molecule has 0 amide bonds. The Kier molecular flexibility index (Phi) is 5.37. The molecule has 26 heavy (non-hydrogen) atoms. The Hall–Kier alpha value is -3.07. The van der Waals surface area contributed by atoms with Crippen LogP contribution in [0.5, 0.6) is 0 Å². The number of nitrogens with zero attached hydrogens (tertiary/aromatic N) is 4. The molecule has 2 aromatic rings. The van der Waals surface area contributed by atoms with Gasteiger partial charge in [-0.05, 0) is 30.9 Å². The smallest absolute Gasteiger partial charge is 0.275 e. The molecule has 0 spiro atoms. The highest BCUT2D eigenvalue weighted by atomic mass is 16.1. The topological polar surface area (TPSA) is 74.0 Å². The summed E-state index contributed by atoms with van der Waals surface area (Å²) in [6, 6.07) is 10.5. The Balaban J connectivity index is 2.03. The van der Waals surface area contributed by atoms with E-state index in [0.717, 1.165) is 25.9 Å². The van der Waals surface area contributed by atoms with Crippen molar-refractivity contribution in [2.45, 2.75) is 26.3 Å². The van der Waals surface area contributed by atoms with Crippen LogP contribution in [0.3, 0.4) is 0 Å². The minimum absolute atomic E-state index is 0.0967. The van der Waals surface area contributed by atoms with Gasteiger partial charge >= 0.3 is 0 Å². The number of benzene rings is 1. The van der Waals surface area contributed by atoms with Crippen molar-refractivity contribution in [1.29, 1.82) is 5.26 Å². The highest BCUT2D eigenvalue weighted by Gasteiger charge is 2.22. The van der Waals surface area contributed by atoms with Crippen LogP contribution in [-0.2, 0) is 19.4 Å². The van der Waals surface area contributed by atoms with E-state index >= 15 is 0 Å². The second kappa shape index (κ2) is 7.87. The van der Waals surface area contributed by atoms with E-state index in [1.54, 1.807) is 6.08 Å². The molecular formula is C20H23N5O. The Morgan fingerprint density at radius 3 is 2.50 bits per heavy atom. The maximum atomic E-state index is 12.8. The fourth-order valence-corrected chi connectivity index (χ4v) is 3.34. The molecule has 0 aliphatic carbocycles. The van der Waals surface area contributed by atoms with Crippen LogP contribution in [0.1, 0.15) is 23.6 Å². The minimum atomic E-state index is -0.324. The third kappa shape index (κ3) is 3.33. The predicted octanol–water partition coefficient (Wildman–Crippen LogP) is 2.34. The molecule has 0 unspecified atom stereocenters. The van der Waals surface area contributed by atoms with Crippen LogP contribution in [0.4, 0.5) is 11.8 Å². The van der Waals surface area contributed by atoms with Gasteiger partial charge < -0.3 is 10.2 Å². The van der Waals surface area contributed by atoms with Crippen molar-refractivity contribution in [2.75, 3.05) is 29.9 Å².